The fourth-order valence-corrected chi connectivity index (χ4v) is 2.32. The molecule has 5 nitrogen and oxygen atoms in total. The quantitative estimate of drug-likeness (QED) is 0.668. The highest BCUT2D eigenvalue weighted by Gasteiger charge is 2.19. The van der Waals surface area contributed by atoms with Crippen LogP contribution in [0, 0.1) is 6.92 Å². The monoisotopic (exact) mass is 289 g/mol. The van der Waals surface area contributed by atoms with Crippen LogP contribution in [0.2, 0.25) is 0 Å². The van der Waals surface area contributed by atoms with E-state index in [1.165, 1.54) is 0 Å². The molecule has 0 radical (unpaired) electrons. The summed E-state index contributed by atoms with van der Waals surface area (Å²) >= 11 is 0. The number of rotatable bonds is 4. The zero-order valence-electron chi connectivity index (χ0n) is 12.6. The molecule has 0 spiro atoms. The first kappa shape index (κ1) is 14.8. The van der Waals surface area contributed by atoms with Crippen LogP contribution < -0.4 is 19.9 Å². The average Bonchev–Trinajstić information content (AvgIpc) is 2.51. The Hall–Kier alpha value is -2.56. The van der Waals surface area contributed by atoms with E-state index >= 15 is 0 Å². The molecule has 0 fully saturated rings. The molecule has 2 aromatic rings. The van der Waals surface area contributed by atoms with Gasteiger partial charge in [0.1, 0.15) is 5.75 Å². The van der Waals surface area contributed by atoms with Crippen molar-refractivity contribution in [2.45, 2.75) is 6.92 Å². The van der Waals surface area contributed by atoms with E-state index in [0.717, 1.165) is 16.7 Å². The second-order valence-corrected chi connectivity index (χ2v) is 4.55. The van der Waals surface area contributed by atoms with Gasteiger partial charge in [0.2, 0.25) is 5.75 Å². The summed E-state index contributed by atoms with van der Waals surface area (Å²) in [6.45, 7) is 1.85. The fraction of sp³-hybridized carbons (Fsp3) is 0.250. The molecular formula is C16H19NO4. The number of hydrogen-bond acceptors (Lipinski definition) is 5. The third-order valence-electron chi connectivity index (χ3n) is 3.49. The van der Waals surface area contributed by atoms with Gasteiger partial charge in [-0.15, -0.1) is 0 Å². The molecule has 0 aliphatic carbocycles. The fourth-order valence-electron chi connectivity index (χ4n) is 2.32. The Morgan fingerprint density at radius 1 is 0.857 bits per heavy atom. The molecule has 3 N–H and O–H groups in total. The topological polar surface area (TPSA) is 73.9 Å². The van der Waals surface area contributed by atoms with E-state index in [1.807, 2.05) is 13.0 Å². The van der Waals surface area contributed by atoms with Crippen LogP contribution in [0.3, 0.4) is 0 Å². The lowest BCUT2D eigenvalue weighted by Gasteiger charge is -2.17. The van der Waals surface area contributed by atoms with E-state index in [9.17, 15) is 5.11 Å². The first-order valence-corrected chi connectivity index (χ1v) is 6.42. The molecule has 0 saturated heterocycles. The van der Waals surface area contributed by atoms with Crippen molar-refractivity contribution in [2.24, 2.45) is 0 Å². The number of phenolic OH excluding ortho intramolecular Hbond substituents is 1. The van der Waals surface area contributed by atoms with E-state index < -0.39 is 0 Å². The van der Waals surface area contributed by atoms with Gasteiger partial charge in [0, 0.05) is 5.56 Å². The van der Waals surface area contributed by atoms with Crippen molar-refractivity contribution < 1.29 is 19.3 Å². The minimum Gasteiger partial charge on any atom is -0.506 e. The van der Waals surface area contributed by atoms with Gasteiger partial charge in [0.05, 0.1) is 27.0 Å². The summed E-state index contributed by atoms with van der Waals surface area (Å²) in [5, 5.41) is 9.68. The van der Waals surface area contributed by atoms with E-state index in [1.54, 1.807) is 39.5 Å². The Labute approximate surface area is 123 Å². The SMILES string of the molecule is COc1ccc(-c2ccc(O)c(N)c2C)c(OC)c1OC. The summed E-state index contributed by atoms with van der Waals surface area (Å²) in [5.41, 5.74) is 8.70. The van der Waals surface area contributed by atoms with Crippen LogP contribution >= 0.6 is 0 Å². The van der Waals surface area contributed by atoms with Gasteiger partial charge in [-0.25, -0.2) is 0 Å². The lowest BCUT2D eigenvalue weighted by Crippen LogP contribution is -1.99. The van der Waals surface area contributed by atoms with Crippen molar-refractivity contribution in [1.29, 1.82) is 0 Å². The zero-order chi connectivity index (χ0) is 15.6. The third kappa shape index (κ3) is 2.42. The molecule has 21 heavy (non-hydrogen) atoms. The van der Waals surface area contributed by atoms with Gasteiger partial charge in [0.25, 0.3) is 0 Å². The molecule has 0 saturated carbocycles. The van der Waals surface area contributed by atoms with Crippen LogP contribution in [0.1, 0.15) is 5.56 Å². The number of phenols is 1. The van der Waals surface area contributed by atoms with Gasteiger partial charge in [0.15, 0.2) is 11.5 Å². The smallest absolute Gasteiger partial charge is 0.203 e. The maximum absolute atomic E-state index is 9.68. The van der Waals surface area contributed by atoms with Crippen molar-refractivity contribution in [2.75, 3.05) is 27.1 Å². The Balaban J connectivity index is 2.73. The minimum absolute atomic E-state index is 0.0655. The molecular weight excluding hydrogens is 270 g/mol. The zero-order valence-corrected chi connectivity index (χ0v) is 12.6. The normalized spacial score (nSPS) is 10.3. The molecule has 0 aliphatic heterocycles. The van der Waals surface area contributed by atoms with Crippen LogP contribution in [-0.2, 0) is 0 Å². The highest BCUT2D eigenvalue weighted by molar-refractivity contribution is 5.82. The summed E-state index contributed by atoms with van der Waals surface area (Å²) in [6, 6.07) is 7.04. The first-order valence-electron chi connectivity index (χ1n) is 6.42. The van der Waals surface area contributed by atoms with Crippen molar-refractivity contribution >= 4 is 5.69 Å². The molecule has 0 aromatic heterocycles. The van der Waals surface area contributed by atoms with Gasteiger partial charge >= 0.3 is 0 Å². The number of anilines is 1. The highest BCUT2D eigenvalue weighted by atomic mass is 16.5. The van der Waals surface area contributed by atoms with Gasteiger partial charge in [-0.1, -0.05) is 6.07 Å². The van der Waals surface area contributed by atoms with Gasteiger partial charge in [-0.05, 0) is 36.2 Å². The molecule has 0 atom stereocenters. The summed E-state index contributed by atoms with van der Waals surface area (Å²) in [5.74, 6) is 1.73. The summed E-state index contributed by atoms with van der Waals surface area (Å²) < 4.78 is 16.1. The van der Waals surface area contributed by atoms with Crippen LogP contribution in [0.4, 0.5) is 5.69 Å². The lowest BCUT2D eigenvalue weighted by molar-refractivity contribution is 0.325. The number of aromatic hydroxyl groups is 1. The number of nitrogen functional groups attached to an aromatic ring is 1. The number of benzene rings is 2. The first-order chi connectivity index (χ1) is 10.0. The average molecular weight is 289 g/mol. The second-order valence-electron chi connectivity index (χ2n) is 4.55. The van der Waals surface area contributed by atoms with E-state index in [0.29, 0.717) is 22.9 Å². The highest BCUT2D eigenvalue weighted by Crippen LogP contribution is 2.46. The van der Waals surface area contributed by atoms with Gasteiger partial charge < -0.3 is 25.1 Å². The Morgan fingerprint density at radius 3 is 2.05 bits per heavy atom. The predicted octanol–water partition coefficient (Wildman–Crippen LogP) is 2.98. The van der Waals surface area contributed by atoms with Crippen LogP contribution in [0.5, 0.6) is 23.0 Å². The molecule has 0 unspecified atom stereocenters. The number of ether oxygens (including phenoxy) is 3. The third-order valence-corrected chi connectivity index (χ3v) is 3.49. The molecule has 5 heteroatoms. The maximum atomic E-state index is 9.68. The Bertz CT molecular complexity index is 668. The molecule has 2 aromatic carbocycles. The minimum atomic E-state index is 0.0655. The molecule has 2 rings (SSSR count). The molecule has 112 valence electrons. The summed E-state index contributed by atoms with van der Waals surface area (Å²) in [7, 11) is 4.70. The molecule has 0 heterocycles. The van der Waals surface area contributed by atoms with Crippen molar-refractivity contribution in [3.63, 3.8) is 0 Å². The molecule has 0 amide bonds. The summed E-state index contributed by atoms with van der Waals surface area (Å²) in [4.78, 5) is 0. The Morgan fingerprint density at radius 2 is 1.48 bits per heavy atom. The maximum Gasteiger partial charge on any atom is 0.203 e. The van der Waals surface area contributed by atoms with E-state index in [2.05, 4.69) is 0 Å². The molecule has 0 bridgehead atoms. The predicted molar refractivity (Wildman–Crippen MR) is 82.3 cm³/mol. The van der Waals surface area contributed by atoms with Gasteiger partial charge in [-0.2, -0.15) is 0 Å². The Kier molecular flexibility index (Phi) is 4.12. The van der Waals surface area contributed by atoms with E-state index in [4.69, 9.17) is 19.9 Å². The van der Waals surface area contributed by atoms with Crippen LogP contribution in [0.15, 0.2) is 24.3 Å². The van der Waals surface area contributed by atoms with Crippen molar-refractivity contribution in [1.82, 2.24) is 0 Å². The standard InChI is InChI=1S/C16H19NO4/c1-9-10(5-7-12(18)14(9)17)11-6-8-13(19-2)16(21-4)15(11)20-3/h5-8,18H,17H2,1-4H3. The van der Waals surface area contributed by atoms with Crippen molar-refractivity contribution in [3.05, 3.63) is 29.8 Å². The van der Waals surface area contributed by atoms with Crippen LogP contribution in [0.25, 0.3) is 11.1 Å². The number of hydrogen-bond donors (Lipinski definition) is 2. The van der Waals surface area contributed by atoms with E-state index in [-0.39, 0.29) is 5.75 Å². The second kappa shape index (κ2) is 5.83. The molecule has 0 aliphatic rings. The van der Waals surface area contributed by atoms with Crippen LogP contribution in [-0.4, -0.2) is 26.4 Å². The van der Waals surface area contributed by atoms with Crippen molar-refractivity contribution in [3.8, 4) is 34.1 Å². The number of methoxy groups -OCH3 is 3. The van der Waals surface area contributed by atoms with Gasteiger partial charge in [-0.3, -0.25) is 0 Å². The number of nitrogens with two attached hydrogens (primary N) is 1. The summed E-state index contributed by atoms with van der Waals surface area (Å²) in [6.07, 6.45) is 0. The lowest BCUT2D eigenvalue weighted by atomic mass is 9.97. The largest absolute Gasteiger partial charge is 0.506 e.